The van der Waals surface area contributed by atoms with Crippen LogP contribution in [0.1, 0.15) is 26.2 Å². The van der Waals surface area contributed by atoms with Gasteiger partial charge in [-0.3, -0.25) is 9.59 Å². The van der Waals surface area contributed by atoms with Gasteiger partial charge in [-0.05, 0) is 50.1 Å². The van der Waals surface area contributed by atoms with E-state index in [2.05, 4.69) is 5.32 Å². The van der Waals surface area contributed by atoms with Crippen molar-refractivity contribution < 1.29 is 23.8 Å². The van der Waals surface area contributed by atoms with E-state index in [1.807, 2.05) is 18.2 Å². The van der Waals surface area contributed by atoms with Gasteiger partial charge in [0.15, 0.2) is 11.5 Å². The van der Waals surface area contributed by atoms with Crippen molar-refractivity contribution in [3.63, 3.8) is 0 Å². The first-order valence-corrected chi connectivity index (χ1v) is 9.78. The topological polar surface area (TPSA) is 77.1 Å². The van der Waals surface area contributed by atoms with Gasteiger partial charge in [0.2, 0.25) is 12.0 Å². The Morgan fingerprint density at radius 1 is 1.14 bits per heavy atom. The van der Waals surface area contributed by atoms with Gasteiger partial charge in [-0.1, -0.05) is 12.1 Å². The first kappa shape index (κ1) is 19.1. The molecule has 0 saturated carbocycles. The number of ether oxygens (including phenoxy) is 3. The molecule has 0 aliphatic carbocycles. The molecular weight excluding hydrogens is 372 g/mol. The molecular formula is C22H24N2O5. The van der Waals surface area contributed by atoms with E-state index < -0.39 is 12.2 Å². The molecule has 29 heavy (non-hydrogen) atoms. The van der Waals surface area contributed by atoms with Crippen molar-refractivity contribution >= 4 is 23.2 Å². The second-order valence-corrected chi connectivity index (χ2v) is 7.19. The number of fused-ring (bicyclic) bond motifs is 1. The lowest BCUT2D eigenvalue weighted by molar-refractivity contribution is -0.128. The van der Waals surface area contributed by atoms with Crippen molar-refractivity contribution in [1.29, 1.82) is 0 Å². The number of methoxy groups -OCH3 is 1. The normalized spacial score (nSPS) is 20.9. The number of piperidine rings is 1. The molecule has 2 aliphatic heterocycles. The molecule has 2 aromatic carbocycles. The van der Waals surface area contributed by atoms with Gasteiger partial charge in [0.25, 0.3) is 5.91 Å². The summed E-state index contributed by atoms with van der Waals surface area (Å²) in [6.45, 7) is 2.44. The van der Waals surface area contributed by atoms with Crippen molar-refractivity contribution in [2.45, 2.75) is 38.4 Å². The van der Waals surface area contributed by atoms with Gasteiger partial charge in [-0.2, -0.15) is 0 Å². The smallest absolute Gasteiger partial charge is 0.269 e. The van der Waals surface area contributed by atoms with Crippen LogP contribution < -0.4 is 24.4 Å². The number of para-hydroxylation sites is 2. The van der Waals surface area contributed by atoms with Crippen molar-refractivity contribution in [1.82, 2.24) is 0 Å². The zero-order chi connectivity index (χ0) is 20.4. The molecule has 2 aromatic rings. The number of nitrogens with one attached hydrogen (secondary N) is 1. The number of carbonyl (C=O) groups is 2. The molecule has 2 aliphatic rings. The van der Waals surface area contributed by atoms with Crippen molar-refractivity contribution in [3.8, 4) is 17.2 Å². The Balaban J connectivity index is 1.54. The van der Waals surface area contributed by atoms with Gasteiger partial charge in [0, 0.05) is 18.7 Å². The lowest BCUT2D eigenvalue weighted by Gasteiger charge is -2.31. The van der Waals surface area contributed by atoms with Crippen LogP contribution >= 0.6 is 0 Å². The van der Waals surface area contributed by atoms with E-state index in [1.165, 1.54) is 0 Å². The van der Waals surface area contributed by atoms with Gasteiger partial charge >= 0.3 is 0 Å². The average molecular weight is 396 g/mol. The van der Waals surface area contributed by atoms with Crippen molar-refractivity contribution in [2.24, 2.45) is 0 Å². The maximum absolute atomic E-state index is 12.9. The molecule has 152 valence electrons. The highest BCUT2D eigenvalue weighted by Crippen LogP contribution is 2.35. The monoisotopic (exact) mass is 396 g/mol. The summed E-state index contributed by atoms with van der Waals surface area (Å²) in [6, 6.07) is 12.5. The molecule has 7 nitrogen and oxygen atoms in total. The summed E-state index contributed by atoms with van der Waals surface area (Å²) in [4.78, 5) is 26.9. The molecule has 4 rings (SSSR count). The quantitative estimate of drug-likeness (QED) is 0.857. The van der Waals surface area contributed by atoms with Crippen molar-refractivity contribution in [3.05, 3.63) is 42.5 Å². The van der Waals surface area contributed by atoms with Crippen LogP contribution in [0.15, 0.2) is 42.5 Å². The Morgan fingerprint density at radius 3 is 2.62 bits per heavy atom. The lowest BCUT2D eigenvalue weighted by atomic mass is 10.1. The minimum atomic E-state index is -0.785. The standard InChI is InChI=1S/C22H24N2O5/c1-14-21(29-19-8-4-3-7-18(19)28-14)22(26)23-15-10-11-17(27-2)16(13-15)24-12-6-5-9-20(24)25/h3-4,7-8,10-11,13-14,21H,5-6,9,12H2,1-2H3,(H,23,26)/t14-,21+/m1/s1. The number of rotatable bonds is 4. The van der Waals surface area contributed by atoms with Crippen LogP contribution in [0.25, 0.3) is 0 Å². The van der Waals surface area contributed by atoms with E-state index in [0.29, 0.717) is 41.6 Å². The predicted octanol–water partition coefficient (Wildman–Crippen LogP) is 3.38. The fourth-order valence-electron chi connectivity index (χ4n) is 3.66. The van der Waals surface area contributed by atoms with Crippen LogP contribution in [0, 0.1) is 0 Å². The first-order valence-electron chi connectivity index (χ1n) is 9.78. The fraction of sp³-hybridized carbons (Fsp3) is 0.364. The van der Waals surface area contributed by atoms with Crippen molar-refractivity contribution in [2.75, 3.05) is 23.9 Å². The molecule has 1 saturated heterocycles. The van der Waals surface area contributed by atoms with Gasteiger partial charge in [-0.15, -0.1) is 0 Å². The number of amides is 2. The Kier molecular flexibility index (Phi) is 5.29. The van der Waals surface area contributed by atoms with E-state index in [1.54, 1.807) is 43.2 Å². The minimum absolute atomic E-state index is 0.0623. The molecule has 2 heterocycles. The third-order valence-corrected chi connectivity index (χ3v) is 5.16. The molecule has 2 atom stereocenters. The number of hydrogen-bond acceptors (Lipinski definition) is 5. The number of benzene rings is 2. The maximum atomic E-state index is 12.9. The predicted molar refractivity (Wildman–Crippen MR) is 109 cm³/mol. The van der Waals surface area contributed by atoms with E-state index in [-0.39, 0.29) is 11.8 Å². The Hall–Kier alpha value is -3.22. The summed E-state index contributed by atoms with van der Waals surface area (Å²) in [6.07, 6.45) is 1.13. The maximum Gasteiger partial charge on any atom is 0.269 e. The largest absolute Gasteiger partial charge is 0.495 e. The molecule has 2 amide bonds. The molecule has 0 aromatic heterocycles. The second-order valence-electron chi connectivity index (χ2n) is 7.19. The Morgan fingerprint density at radius 2 is 1.90 bits per heavy atom. The van der Waals surface area contributed by atoms with E-state index in [0.717, 1.165) is 12.8 Å². The summed E-state index contributed by atoms with van der Waals surface area (Å²) in [5.74, 6) is 1.51. The SMILES string of the molecule is COc1ccc(NC(=O)[C@H]2Oc3ccccc3O[C@@H]2C)cc1N1CCCCC1=O. The zero-order valence-electron chi connectivity index (χ0n) is 16.5. The zero-order valence-corrected chi connectivity index (χ0v) is 16.5. The molecule has 1 N–H and O–H groups in total. The van der Waals surface area contributed by atoms with Gasteiger partial charge < -0.3 is 24.4 Å². The third kappa shape index (κ3) is 3.85. The van der Waals surface area contributed by atoms with Crippen LogP contribution in [0.4, 0.5) is 11.4 Å². The number of anilines is 2. The van der Waals surface area contributed by atoms with Gasteiger partial charge in [0.1, 0.15) is 11.9 Å². The molecule has 0 unspecified atom stereocenters. The first-order chi connectivity index (χ1) is 14.1. The van der Waals surface area contributed by atoms with Crippen LogP contribution in [0.2, 0.25) is 0 Å². The average Bonchev–Trinajstić information content (AvgIpc) is 2.73. The van der Waals surface area contributed by atoms with Crippen LogP contribution in [-0.2, 0) is 9.59 Å². The Labute approximate surface area is 169 Å². The van der Waals surface area contributed by atoms with Gasteiger partial charge in [0.05, 0.1) is 12.8 Å². The lowest BCUT2D eigenvalue weighted by Crippen LogP contribution is -2.46. The highest BCUT2D eigenvalue weighted by Gasteiger charge is 2.34. The minimum Gasteiger partial charge on any atom is -0.495 e. The summed E-state index contributed by atoms with van der Waals surface area (Å²) in [5.41, 5.74) is 1.23. The highest BCUT2D eigenvalue weighted by atomic mass is 16.6. The summed E-state index contributed by atoms with van der Waals surface area (Å²) in [7, 11) is 1.57. The summed E-state index contributed by atoms with van der Waals surface area (Å²) in [5, 5.41) is 2.88. The van der Waals surface area contributed by atoms with Crippen LogP contribution in [0.3, 0.4) is 0 Å². The Bertz CT molecular complexity index is 929. The van der Waals surface area contributed by atoms with Crippen LogP contribution in [0.5, 0.6) is 17.2 Å². The van der Waals surface area contributed by atoms with E-state index in [4.69, 9.17) is 14.2 Å². The highest BCUT2D eigenvalue weighted by molar-refractivity contribution is 5.99. The molecule has 1 fully saturated rings. The second kappa shape index (κ2) is 8.03. The number of nitrogens with zero attached hydrogens (tertiary/aromatic N) is 1. The molecule has 7 heteroatoms. The van der Waals surface area contributed by atoms with Crippen LogP contribution in [-0.4, -0.2) is 37.7 Å². The van der Waals surface area contributed by atoms with E-state index in [9.17, 15) is 9.59 Å². The molecule has 0 spiro atoms. The summed E-state index contributed by atoms with van der Waals surface area (Å²) >= 11 is 0. The molecule has 0 radical (unpaired) electrons. The number of carbonyl (C=O) groups excluding carboxylic acids is 2. The fourth-order valence-corrected chi connectivity index (χ4v) is 3.66. The molecule has 0 bridgehead atoms. The number of hydrogen-bond donors (Lipinski definition) is 1. The summed E-state index contributed by atoms with van der Waals surface area (Å²) < 4.78 is 17.1. The van der Waals surface area contributed by atoms with E-state index >= 15 is 0 Å². The van der Waals surface area contributed by atoms with Gasteiger partial charge in [-0.25, -0.2) is 0 Å². The third-order valence-electron chi connectivity index (χ3n) is 5.16.